The van der Waals surface area contributed by atoms with Crippen LogP contribution < -0.4 is 20.4 Å². The lowest BCUT2D eigenvalue weighted by Gasteiger charge is -2.13. The number of amides is 1. The Morgan fingerprint density at radius 2 is 1.89 bits per heavy atom. The molecule has 6 nitrogen and oxygen atoms in total. The zero-order valence-electron chi connectivity index (χ0n) is 15.4. The highest BCUT2D eigenvalue weighted by Crippen LogP contribution is 2.33. The largest absolute Gasteiger partial charge is 0.496 e. The van der Waals surface area contributed by atoms with Gasteiger partial charge in [0.05, 0.1) is 37.3 Å². The molecule has 1 heterocycles. The molecule has 0 spiro atoms. The normalized spacial score (nSPS) is 10.8. The maximum Gasteiger partial charge on any atom is 0.340 e. The SMILES string of the molecule is COc1cc(OC)c2c(C)c(CC(=O)Nc3ccc(F)cc3F)c(=O)oc2c1. The number of methoxy groups -OCH3 is 2. The molecule has 0 aliphatic rings. The van der Waals surface area contributed by atoms with E-state index in [2.05, 4.69) is 5.32 Å². The number of carbonyl (C=O) groups is 1. The van der Waals surface area contributed by atoms with E-state index in [1.54, 1.807) is 19.1 Å². The summed E-state index contributed by atoms with van der Waals surface area (Å²) < 4.78 is 42.5. The highest BCUT2D eigenvalue weighted by molar-refractivity contribution is 5.94. The van der Waals surface area contributed by atoms with Gasteiger partial charge in [-0.2, -0.15) is 0 Å². The number of ether oxygens (including phenoxy) is 2. The number of hydrogen-bond acceptors (Lipinski definition) is 5. The van der Waals surface area contributed by atoms with Crippen molar-refractivity contribution >= 4 is 22.6 Å². The van der Waals surface area contributed by atoms with E-state index in [1.165, 1.54) is 14.2 Å². The number of benzene rings is 2. The lowest BCUT2D eigenvalue weighted by atomic mass is 10.0. The Bertz CT molecular complexity index is 1120. The summed E-state index contributed by atoms with van der Waals surface area (Å²) in [4.78, 5) is 24.7. The Labute approximate surface area is 158 Å². The molecule has 0 aliphatic carbocycles. The molecule has 0 aliphatic heterocycles. The maximum absolute atomic E-state index is 13.7. The molecule has 2 aromatic carbocycles. The van der Waals surface area contributed by atoms with Crippen molar-refractivity contribution in [1.29, 1.82) is 0 Å². The molecule has 1 aromatic heterocycles. The Morgan fingerprint density at radius 3 is 2.54 bits per heavy atom. The Kier molecular flexibility index (Phi) is 5.30. The number of hydrogen-bond donors (Lipinski definition) is 1. The summed E-state index contributed by atoms with van der Waals surface area (Å²) in [7, 11) is 2.93. The zero-order chi connectivity index (χ0) is 20.4. The Morgan fingerprint density at radius 1 is 1.14 bits per heavy atom. The van der Waals surface area contributed by atoms with Crippen LogP contribution in [-0.4, -0.2) is 20.1 Å². The van der Waals surface area contributed by atoms with Gasteiger partial charge in [0.1, 0.15) is 28.7 Å². The van der Waals surface area contributed by atoms with Crippen LogP contribution in [0.1, 0.15) is 11.1 Å². The van der Waals surface area contributed by atoms with E-state index < -0.39 is 23.2 Å². The summed E-state index contributed by atoms with van der Waals surface area (Å²) >= 11 is 0. The number of halogens is 2. The van der Waals surface area contributed by atoms with Gasteiger partial charge in [0.25, 0.3) is 0 Å². The van der Waals surface area contributed by atoms with Gasteiger partial charge in [0.2, 0.25) is 5.91 Å². The van der Waals surface area contributed by atoms with E-state index in [1.807, 2.05) is 0 Å². The van der Waals surface area contributed by atoms with Gasteiger partial charge < -0.3 is 19.2 Å². The lowest BCUT2D eigenvalue weighted by molar-refractivity contribution is -0.115. The molecule has 1 amide bonds. The molecule has 0 fully saturated rings. The quantitative estimate of drug-likeness (QED) is 0.675. The highest BCUT2D eigenvalue weighted by Gasteiger charge is 2.19. The molecule has 0 radical (unpaired) electrons. The molecule has 0 atom stereocenters. The fourth-order valence-electron chi connectivity index (χ4n) is 2.91. The second-order valence-corrected chi connectivity index (χ2v) is 6.04. The molecule has 8 heteroatoms. The summed E-state index contributed by atoms with van der Waals surface area (Å²) in [6.45, 7) is 1.66. The second-order valence-electron chi connectivity index (χ2n) is 6.04. The number of rotatable bonds is 5. The third-order valence-electron chi connectivity index (χ3n) is 4.31. The van der Waals surface area contributed by atoms with Gasteiger partial charge in [-0.15, -0.1) is 0 Å². The van der Waals surface area contributed by atoms with E-state index >= 15 is 0 Å². The van der Waals surface area contributed by atoms with Crippen molar-refractivity contribution in [1.82, 2.24) is 0 Å². The molecule has 146 valence electrons. The number of aryl methyl sites for hydroxylation is 1. The van der Waals surface area contributed by atoms with Gasteiger partial charge in [-0.05, 0) is 24.6 Å². The van der Waals surface area contributed by atoms with Crippen molar-refractivity contribution in [2.75, 3.05) is 19.5 Å². The van der Waals surface area contributed by atoms with Crippen LogP contribution >= 0.6 is 0 Å². The predicted octanol–water partition coefficient (Wildman–Crippen LogP) is 3.58. The maximum atomic E-state index is 13.7. The number of carbonyl (C=O) groups excluding carboxylic acids is 1. The zero-order valence-corrected chi connectivity index (χ0v) is 15.4. The third-order valence-corrected chi connectivity index (χ3v) is 4.31. The first kappa shape index (κ1) is 19.3. The lowest BCUT2D eigenvalue weighted by Crippen LogP contribution is -2.21. The molecule has 3 aromatic rings. The van der Waals surface area contributed by atoms with Crippen molar-refractivity contribution in [3.63, 3.8) is 0 Å². The van der Waals surface area contributed by atoms with Crippen LogP contribution in [0, 0.1) is 18.6 Å². The van der Waals surface area contributed by atoms with E-state index in [0.717, 1.165) is 12.1 Å². The predicted molar refractivity (Wildman–Crippen MR) is 99.0 cm³/mol. The Balaban J connectivity index is 1.98. The van der Waals surface area contributed by atoms with Gasteiger partial charge in [0.15, 0.2) is 0 Å². The van der Waals surface area contributed by atoms with Gasteiger partial charge >= 0.3 is 5.63 Å². The minimum Gasteiger partial charge on any atom is -0.496 e. The van der Waals surface area contributed by atoms with Crippen molar-refractivity contribution in [3.8, 4) is 11.5 Å². The van der Waals surface area contributed by atoms with Crippen LogP contribution in [0.3, 0.4) is 0 Å². The Hall–Kier alpha value is -3.42. The van der Waals surface area contributed by atoms with Gasteiger partial charge in [-0.3, -0.25) is 4.79 Å². The molecular weight excluding hydrogens is 372 g/mol. The third kappa shape index (κ3) is 3.66. The topological polar surface area (TPSA) is 77.8 Å². The van der Waals surface area contributed by atoms with Gasteiger partial charge in [-0.25, -0.2) is 13.6 Å². The van der Waals surface area contributed by atoms with Crippen molar-refractivity contribution in [2.24, 2.45) is 0 Å². The monoisotopic (exact) mass is 389 g/mol. The molecule has 0 bridgehead atoms. The summed E-state index contributed by atoms with van der Waals surface area (Å²) in [5.74, 6) is -1.45. The van der Waals surface area contributed by atoms with E-state index in [-0.39, 0.29) is 23.3 Å². The second kappa shape index (κ2) is 7.67. The van der Waals surface area contributed by atoms with Gasteiger partial charge in [-0.1, -0.05) is 0 Å². The molecule has 28 heavy (non-hydrogen) atoms. The first-order valence-corrected chi connectivity index (χ1v) is 8.27. The van der Waals surface area contributed by atoms with Crippen LogP contribution in [0.2, 0.25) is 0 Å². The minimum atomic E-state index is -0.913. The summed E-state index contributed by atoms with van der Waals surface area (Å²) in [5.41, 5.74) is -0.0181. The average Bonchev–Trinajstić information content (AvgIpc) is 2.66. The molecule has 0 saturated heterocycles. The standard InChI is InChI=1S/C20H17F2NO5/c1-10-13(9-18(24)23-15-5-4-11(21)6-14(15)22)20(25)28-17-8-12(26-2)7-16(27-3)19(10)17/h4-8H,9H2,1-3H3,(H,23,24). The average molecular weight is 389 g/mol. The minimum absolute atomic E-state index is 0.107. The molecule has 3 rings (SSSR count). The van der Waals surface area contributed by atoms with Crippen molar-refractivity contribution in [3.05, 3.63) is 63.5 Å². The van der Waals surface area contributed by atoms with Crippen LogP contribution in [0.15, 0.2) is 39.5 Å². The summed E-state index contributed by atoms with van der Waals surface area (Å²) in [5, 5.41) is 2.85. The smallest absolute Gasteiger partial charge is 0.340 e. The summed E-state index contributed by atoms with van der Waals surface area (Å²) in [6.07, 6.45) is -0.351. The number of fused-ring (bicyclic) bond motifs is 1. The summed E-state index contributed by atoms with van der Waals surface area (Å²) in [6, 6.07) is 5.96. The van der Waals surface area contributed by atoms with Crippen molar-refractivity contribution < 1.29 is 27.5 Å². The van der Waals surface area contributed by atoms with Crippen LogP contribution in [0.5, 0.6) is 11.5 Å². The fourth-order valence-corrected chi connectivity index (χ4v) is 2.91. The van der Waals surface area contributed by atoms with Crippen molar-refractivity contribution in [2.45, 2.75) is 13.3 Å². The van der Waals surface area contributed by atoms with Crippen LogP contribution in [0.25, 0.3) is 11.0 Å². The highest BCUT2D eigenvalue weighted by atomic mass is 19.1. The van der Waals surface area contributed by atoms with E-state index in [4.69, 9.17) is 13.9 Å². The molecule has 0 saturated carbocycles. The van der Waals surface area contributed by atoms with E-state index in [0.29, 0.717) is 28.5 Å². The number of anilines is 1. The molecular formula is C20H17F2NO5. The van der Waals surface area contributed by atoms with Gasteiger partial charge in [0, 0.05) is 18.2 Å². The van der Waals surface area contributed by atoms with E-state index in [9.17, 15) is 18.4 Å². The first-order valence-electron chi connectivity index (χ1n) is 8.27. The number of nitrogens with one attached hydrogen (secondary N) is 1. The first-order chi connectivity index (χ1) is 13.3. The molecule has 0 unspecified atom stereocenters. The van der Waals surface area contributed by atoms with Crippen LogP contribution in [0.4, 0.5) is 14.5 Å². The molecule has 1 N–H and O–H groups in total. The van der Waals surface area contributed by atoms with Crippen LogP contribution in [-0.2, 0) is 11.2 Å². The fraction of sp³-hybridized carbons (Fsp3) is 0.200.